The van der Waals surface area contributed by atoms with Crippen molar-refractivity contribution in [3.63, 3.8) is 0 Å². The molecule has 2 heteroatoms. The highest BCUT2D eigenvalue weighted by Crippen LogP contribution is 2.40. The fourth-order valence-electron chi connectivity index (χ4n) is 1.93. The molecule has 0 spiro atoms. The van der Waals surface area contributed by atoms with Crippen LogP contribution in [0.3, 0.4) is 0 Å². The first-order valence-electron chi connectivity index (χ1n) is 5.53. The molecule has 0 unspecified atom stereocenters. The molecule has 1 aromatic rings. The molecular formula is C14H20BrCl. The lowest BCUT2D eigenvalue weighted by atomic mass is 9.75. The number of hydrogen-bond donors (Lipinski definition) is 0. The summed E-state index contributed by atoms with van der Waals surface area (Å²) in [5.74, 6) is 0. The van der Waals surface area contributed by atoms with Gasteiger partial charge in [0.05, 0.1) is 0 Å². The van der Waals surface area contributed by atoms with Gasteiger partial charge in [0.2, 0.25) is 0 Å². The highest BCUT2D eigenvalue weighted by molar-refractivity contribution is 9.10. The van der Waals surface area contributed by atoms with Gasteiger partial charge in [-0.3, -0.25) is 0 Å². The maximum Gasteiger partial charge on any atom is 0.0457 e. The Bertz CT molecular complexity index is 394. The SMILES string of the molecule is CC(C)(C)c1cc(Br)cc(Cl)c1C(C)(C)C. The molecule has 0 saturated carbocycles. The van der Waals surface area contributed by atoms with Gasteiger partial charge < -0.3 is 0 Å². The van der Waals surface area contributed by atoms with Gasteiger partial charge in [0.25, 0.3) is 0 Å². The Morgan fingerprint density at radius 1 is 0.938 bits per heavy atom. The van der Waals surface area contributed by atoms with Gasteiger partial charge in [-0.25, -0.2) is 0 Å². The van der Waals surface area contributed by atoms with Gasteiger partial charge >= 0.3 is 0 Å². The van der Waals surface area contributed by atoms with Crippen molar-refractivity contribution in [3.8, 4) is 0 Å². The summed E-state index contributed by atoms with van der Waals surface area (Å²) in [6, 6.07) is 4.17. The molecule has 0 aliphatic heterocycles. The van der Waals surface area contributed by atoms with E-state index < -0.39 is 0 Å². The van der Waals surface area contributed by atoms with E-state index in [0.717, 1.165) is 9.50 Å². The van der Waals surface area contributed by atoms with Gasteiger partial charge in [-0.05, 0) is 34.1 Å². The molecule has 0 atom stereocenters. The lowest BCUT2D eigenvalue weighted by Crippen LogP contribution is -2.22. The average molecular weight is 304 g/mol. The zero-order chi connectivity index (χ0) is 12.7. The minimum Gasteiger partial charge on any atom is -0.0840 e. The standard InChI is InChI=1S/C14H20BrCl/c1-13(2,3)10-7-9(15)8-11(16)12(10)14(4,5)6/h7-8H,1-6H3. The van der Waals surface area contributed by atoms with E-state index in [-0.39, 0.29) is 10.8 Å². The molecule has 0 aromatic heterocycles. The predicted octanol–water partition coefficient (Wildman–Crippen LogP) is 5.70. The van der Waals surface area contributed by atoms with Crippen LogP contribution < -0.4 is 0 Å². The van der Waals surface area contributed by atoms with Crippen LogP contribution in [0.1, 0.15) is 52.7 Å². The van der Waals surface area contributed by atoms with Crippen LogP contribution in [-0.2, 0) is 10.8 Å². The smallest absolute Gasteiger partial charge is 0.0457 e. The third kappa shape index (κ3) is 3.01. The first-order chi connectivity index (χ1) is 7.03. The third-order valence-electron chi connectivity index (χ3n) is 2.61. The second-order valence-electron chi connectivity index (χ2n) is 6.31. The molecule has 0 fully saturated rings. The van der Waals surface area contributed by atoms with Gasteiger partial charge in [0, 0.05) is 9.50 Å². The largest absolute Gasteiger partial charge is 0.0840 e. The van der Waals surface area contributed by atoms with Crippen LogP contribution in [0.2, 0.25) is 5.02 Å². The van der Waals surface area contributed by atoms with Gasteiger partial charge in [0.15, 0.2) is 0 Å². The summed E-state index contributed by atoms with van der Waals surface area (Å²) in [6.07, 6.45) is 0. The molecule has 0 aliphatic rings. The molecule has 0 N–H and O–H groups in total. The Balaban J connectivity index is 3.58. The number of benzene rings is 1. The van der Waals surface area contributed by atoms with Crippen LogP contribution in [0, 0.1) is 0 Å². The lowest BCUT2D eigenvalue weighted by molar-refractivity contribution is 0.530. The Morgan fingerprint density at radius 3 is 1.81 bits per heavy atom. The zero-order valence-electron chi connectivity index (χ0n) is 10.9. The molecular weight excluding hydrogens is 284 g/mol. The van der Waals surface area contributed by atoms with Crippen molar-refractivity contribution >= 4 is 27.5 Å². The van der Waals surface area contributed by atoms with E-state index >= 15 is 0 Å². The summed E-state index contributed by atoms with van der Waals surface area (Å²) in [7, 11) is 0. The molecule has 0 nitrogen and oxygen atoms in total. The number of rotatable bonds is 0. The summed E-state index contributed by atoms with van der Waals surface area (Å²) in [4.78, 5) is 0. The van der Waals surface area contributed by atoms with E-state index in [9.17, 15) is 0 Å². The fourth-order valence-corrected chi connectivity index (χ4v) is 3.02. The summed E-state index contributed by atoms with van der Waals surface area (Å²) in [5.41, 5.74) is 2.75. The normalized spacial score (nSPS) is 13.0. The number of halogens is 2. The summed E-state index contributed by atoms with van der Waals surface area (Å²) >= 11 is 9.92. The third-order valence-corrected chi connectivity index (χ3v) is 3.37. The van der Waals surface area contributed by atoms with Crippen molar-refractivity contribution < 1.29 is 0 Å². The molecule has 16 heavy (non-hydrogen) atoms. The highest BCUT2D eigenvalue weighted by atomic mass is 79.9. The van der Waals surface area contributed by atoms with Crippen molar-refractivity contribution in [1.29, 1.82) is 0 Å². The average Bonchev–Trinajstić information content (AvgIpc) is 1.97. The molecule has 1 aromatic carbocycles. The van der Waals surface area contributed by atoms with E-state index in [1.807, 2.05) is 6.07 Å². The Labute approximate surface area is 113 Å². The molecule has 0 radical (unpaired) electrons. The lowest BCUT2D eigenvalue weighted by Gasteiger charge is -2.31. The fraction of sp³-hybridized carbons (Fsp3) is 0.571. The molecule has 0 bridgehead atoms. The maximum absolute atomic E-state index is 6.40. The first kappa shape index (κ1) is 14.1. The predicted molar refractivity (Wildman–Crippen MR) is 76.6 cm³/mol. The monoisotopic (exact) mass is 302 g/mol. The van der Waals surface area contributed by atoms with Crippen molar-refractivity contribution in [3.05, 3.63) is 32.8 Å². The van der Waals surface area contributed by atoms with Crippen molar-refractivity contribution in [1.82, 2.24) is 0 Å². The second kappa shape index (κ2) is 4.34. The summed E-state index contributed by atoms with van der Waals surface area (Å²) < 4.78 is 1.05. The van der Waals surface area contributed by atoms with Crippen molar-refractivity contribution in [2.75, 3.05) is 0 Å². The zero-order valence-corrected chi connectivity index (χ0v) is 13.3. The van der Waals surface area contributed by atoms with Gasteiger partial charge in [-0.15, -0.1) is 0 Å². The van der Waals surface area contributed by atoms with E-state index in [2.05, 4.69) is 63.5 Å². The first-order valence-corrected chi connectivity index (χ1v) is 6.70. The quantitative estimate of drug-likeness (QED) is 0.577. The number of hydrogen-bond acceptors (Lipinski definition) is 0. The van der Waals surface area contributed by atoms with Crippen LogP contribution in [0.25, 0.3) is 0 Å². The molecule has 0 heterocycles. The van der Waals surface area contributed by atoms with Crippen molar-refractivity contribution in [2.45, 2.75) is 52.4 Å². The minimum absolute atomic E-state index is 0.0698. The van der Waals surface area contributed by atoms with Crippen LogP contribution in [-0.4, -0.2) is 0 Å². The Morgan fingerprint density at radius 2 is 1.44 bits per heavy atom. The molecule has 1 rings (SSSR count). The van der Waals surface area contributed by atoms with Gasteiger partial charge in [0.1, 0.15) is 0 Å². The summed E-state index contributed by atoms with van der Waals surface area (Å²) in [5, 5.41) is 0.854. The van der Waals surface area contributed by atoms with Crippen LogP contribution in [0.4, 0.5) is 0 Å². The second-order valence-corrected chi connectivity index (χ2v) is 7.63. The summed E-state index contributed by atoms with van der Waals surface area (Å²) in [6.45, 7) is 13.3. The molecule has 0 amide bonds. The highest BCUT2D eigenvalue weighted by Gasteiger charge is 2.27. The van der Waals surface area contributed by atoms with E-state index in [0.29, 0.717) is 0 Å². The van der Waals surface area contributed by atoms with Gasteiger partial charge in [-0.2, -0.15) is 0 Å². The van der Waals surface area contributed by atoms with E-state index in [1.165, 1.54) is 11.1 Å². The van der Waals surface area contributed by atoms with Gasteiger partial charge in [-0.1, -0.05) is 69.1 Å². The van der Waals surface area contributed by atoms with E-state index in [4.69, 9.17) is 11.6 Å². The van der Waals surface area contributed by atoms with Crippen LogP contribution in [0.5, 0.6) is 0 Å². The minimum atomic E-state index is 0.0698. The maximum atomic E-state index is 6.40. The van der Waals surface area contributed by atoms with Crippen LogP contribution in [0.15, 0.2) is 16.6 Å². The van der Waals surface area contributed by atoms with E-state index in [1.54, 1.807) is 0 Å². The molecule has 90 valence electrons. The molecule has 0 aliphatic carbocycles. The van der Waals surface area contributed by atoms with Crippen LogP contribution >= 0.6 is 27.5 Å². The topological polar surface area (TPSA) is 0 Å². The Kier molecular flexibility index (Phi) is 3.81. The molecule has 0 saturated heterocycles. The van der Waals surface area contributed by atoms with Crippen molar-refractivity contribution in [2.24, 2.45) is 0 Å². The Hall–Kier alpha value is -0.0100.